The van der Waals surface area contributed by atoms with Gasteiger partial charge in [0.1, 0.15) is 5.78 Å². The van der Waals surface area contributed by atoms with E-state index in [-0.39, 0.29) is 23.5 Å². The van der Waals surface area contributed by atoms with Gasteiger partial charge < -0.3 is 9.59 Å². The Balaban J connectivity index is 0. The third kappa shape index (κ3) is 5.94. The number of carbonyl (C=O) groups excluding carboxylic acids is 2. The molecule has 0 amide bonds. The zero-order valence-electron chi connectivity index (χ0n) is 5.41. The van der Waals surface area contributed by atoms with Crippen molar-refractivity contribution in [2.75, 3.05) is 0 Å². The van der Waals surface area contributed by atoms with Crippen LogP contribution in [-0.4, -0.2) is 17.7 Å². The molecule has 0 aliphatic rings. The Kier molecular flexibility index (Phi) is 5.26. The van der Waals surface area contributed by atoms with Gasteiger partial charge >= 0.3 is 6.18 Å². The summed E-state index contributed by atoms with van der Waals surface area (Å²) in [5, 5.41) is 0. The largest absolute Gasteiger partial charge is 0.421 e. The van der Waals surface area contributed by atoms with Crippen molar-refractivity contribution in [3.05, 3.63) is 6.42 Å². The van der Waals surface area contributed by atoms with Crippen LogP contribution in [0.2, 0.25) is 0 Å². The summed E-state index contributed by atoms with van der Waals surface area (Å²) in [6.45, 7) is 0.879. The van der Waals surface area contributed by atoms with Gasteiger partial charge in [0, 0.05) is 22.9 Å². The normalized spacial score (nSPS) is 9.82. The monoisotopic (exact) mass is 208 g/mol. The van der Waals surface area contributed by atoms with E-state index >= 15 is 0 Å². The Labute approximate surface area is 71.6 Å². The van der Waals surface area contributed by atoms with Gasteiger partial charge in [0.25, 0.3) is 0 Å². The first-order valence-corrected chi connectivity index (χ1v) is 2.30. The number of alkyl halides is 3. The van der Waals surface area contributed by atoms with Crippen molar-refractivity contribution in [2.45, 2.75) is 13.1 Å². The van der Waals surface area contributed by atoms with Crippen LogP contribution in [-0.2, 0) is 26.7 Å². The van der Waals surface area contributed by atoms with Crippen LogP contribution in [0, 0.1) is 6.42 Å². The SMILES string of the molecule is CC(=O)[CH-]C(=O)C(F)(F)F.[Mn]. The van der Waals surface area contributed by atoms with E-state index in [9.17, 15) is 22.8 Å². The molecule has 0 atom stereocenters. The third-order valence-electron chi connectivity index (χ3n) is 0.614. The Morgan fingerprint density at radius 1 is 1.27 bits per heavy atom. The molecule has 0 aromatic carbocycles. The maximum absolute atomic E-state index is 11.3. The van der Waals surface area contributed by atoms with Gasteiger partial charge in [-0.3, -0.25) is 6.42 Å². The van der Waals surface area contributed by atoms with Gasteiger partial charge in [0.05, 0.1) is 0 Å². The maximum atomic E-state index is 11.3. The fraction of sp³-hybridized carbons (Fsp3) is 0.400. The van der Waals surface area contributed by atoms with Crippen LogP contribution in [0.15, 0.2) is 0 Å². The number of halogens is 3. The molecular weight excluding hydrogens is 204 g/mol. The molecule has 0 spiro atoms. The van der Waals surface area contributed by atoms with Crippen LogP contribution in [0.4, 0.5) is 13.2 Å². The van der Waals surface area contributed by atoms with E-state index in [4.69, 9.17) is 0 Å². The smallest absolute Gasteiger partial charge is 0.334 e. The van der Waals surface area contributed by atoms with Gasteiger partial charge in [-0.2, -0.15) is 13.2 Å². The molecular formula is C5H4F3MnO2-. The average Bonchev–Trinajstić information content (AvgIpc) is 1.60. The summed E-state index contributed by atoms with van der Waals surface area (Å²) in [4.78, 5) is 19.8. The van der Waals surface area contributed by atoms with Crippen LogP contribution in [0.25, 0.3) is 0 Å². The van der Waals surface area contributed by atoms with Crippen molar-refractivity contribution >= 4 is 11.6 Å². The maximum Gasteiger partial charge on any atom is 0.421 e. The molecule has 0 unspecified atom stereocenters. The molecule has 0 bridgehead atoms. The van der Waals surface area contributed by atoms with Crippen molar-refractivity contribution in [3.8, 4) is 0 Å². The van der Waals surface area contributed by atoms with Gasteiger partial charge in [-0.1, -0.05) is 0 Å². The Bertz CT molecular complexity index is 164. The third-order valence-corrected chi connectivity index (χ3v) is 0.614. The van der Waals surface area contributed by atoms with E-state index < -0.39 is 17.7 Å². The quantitative estimate of drug-likeness (QED) is 0.384. The van der Waals surface area contributed by atoms with Crippen molar-refractivity contribution in [1.29, 1.82) is 0 Å². The molecule has 6 heteroatoms. The van der Waals surface area contributed by atoms with Gasteiger partial charge in [0.15, 0.2) is 0 Å². The summed E-state index contributed by atoms with van der Waals surface area (Å²) in [5.41, 5.74) is 0. The van der Waals surface area contributed by atoms with E-state index in [1.807, 2.05) is 0 Å². The van der Waals surface area contributed by atoms with Crippen molar-refractivity contribution in [1.82, 2.24) is 0 Å². The number of hydrogen-bond acceptors (Lipinski definition) is 2. The molecule has 0 aromatic heterocycles. The molecule has 11 heavy (non-hydrogen) atoms. The summed E-state index contributed by atoms with van der Waals surface area (Å²) in [6.07, 6.45) is -4.91. The minimum atomic E-state index is -4.92. The molecule has 0 fully saturated rings. The Morgan fingerprint density at radius 2 is 1.64 bits per heavy atom. The molecule has 0 aromatic rings. The van der Waals surface area contributed by atoms with Crippen molar-refractivity contribution in [2.24, 2.45) is 0 Å². The summed E-state index contributed by atoms with van der Waals surface area (Å²) in [5.74, 6) is -3.01. The predicted molar refractivity (Wildman–Crippen MR) is 26.0 cm³/mol. The number of rotatable bonds is 2. The Hall–Kier alpha value is -0.481. The molecule has 2 nitrogen and oxygen atoms in total. The number of hydrogen-bond donors (Lipinski definition) is 0. The molecule has 0 saturated heterocycles. The van der Waals surface area contributed by atoms with Crippen LogP contribution < -0.4 is 0 Å². The van der Waals surface area contributed by atoms with E-state index in [2.05, 4.69) is 0 Å². The zero-order valence-corrected chi connectivity index (χ0v) is 6.59. The van der Waals surface area contributed by atoms with Crippen LogP contribution in [0.3, 0.4) is 0 Å². The van der Waals surface area contributed by atoms with Gasteiger partial charge in [-0.15, -0.1) is 0 Å². The van der Waals surface area contributed by atoms with Crippen LogP contribution in [0.5, 0.6) is 0 Å². The van der Waals surface area contributed by atoms with Gasteiger partial charge in [-0.05, 0) is 6.92 Å². The summed E-state index contributed by atoms with van der Waals surface area (Å²) in [7, 11) is 0. The molecule has 65 valence electrons. The molecule has 0 saturated carbocycles. The summed E-state index contributed by atoms with van der Waals surface area (Å²) in [6, 6.07) is 0. The zero-order chi connectivity index (χ0) is 8.36. The van der Waals surface area contributed by atoms with Gasteiger partial charge in [-0.25, -0.2) is 0 Å². The first-order valence-electron chi connectivity index (χ1n) is 2.30. The minimum Gasteiger partial charge on any atom is -0.334 e. The van der Waals surface area contributed by atoms with E-state index in [1.165, 1.54) is 0 Å². The first kappa shape index (κ1) is 13.1. The fourth-order valence-electron chi connectivity index (χ4n) is 0.266. The molecule has 0 rings (SSSR count). The van der Waals surface area contributed by atoms with Gasteiger partial charge in [0.2, 0.25) is 0 Å². The summed E-state index contributed by atoms with van der Waals surface area (Å²) < 4.78 is 33.8. The fourth-order valence-corrected chi connectivity index (χ4v) is 0.266. The van der Waals surface area contributed by atoms with Crippen LogP contribution in [0.1, 0.15) is 6.92 Å². The van der Waals surface area contributed by atoms with E-state index in [0.717, 1.165) is 6.92 Å². The number of Topliss-reactive ketones (excluding diaryl/α,β-unsaturated/α-hetero) is 2. The van der Waals surface area contributed by atoms with Crippen LogP contribution >= 0.6 is 0 Å². The average molecular weight is 208 g/mol. The molecule has 0 aliphatic carbocycles. The molecule has 0 heterocycles. The second-order valence-electron chi connectivity index (χ2n) is 1.62. The number of ketones is 2. The molecule has 1 radical (unpaired) electrons. The topological polar surface area (TPSA) is 34.1 Å². The summed E-state index contributed by atoms with van der Waals surface area (Å²) >= 11 is 0. The number of carbonyl (C=O) groups is 2. The predicted octanol–water partition coefficient (Wildman–Crippen LogP) is 0.909. The first-order chi connectivity index (χ1) is 4.34. The van der Waals surface area contributed by atoms with Crippen molar-refractivity contribution in [3.63, 3.8) is 0 Å². The molecule has 0 aliphatic heterocycles. The Morgan fingerprint density at radius 3 is 1.73 bits per heavy atom. The second-order valence-corrected chi connectivity index (χ2v) is 1.62. The van der Waals surface area contributed by atoms with Crippen molar-refractivity contribution < 1.29 is 39.8 Å². The van der Waals surface area contributed by atoms with E-state index in [0.29, 0.717) is 0 Å². The second kappa shape index (κ2) is 4.41. The molecule has 0 N–H and O–H groups in total. The van der Waals surface area contributed by atoms with E-state index in [1.54, 1.807) is 0 Å². The standard InChI is InChI=1S/C5H4F3O2.Mn/c1-3(9)2-4(10)5(6,7)8;/h2H,1H3;/q-1;. The minimum absolute atomic E-state index is 0.